The van der Waals surface area contributed by atoms with Crippen molar-refractivity contribution in [3.05, 3.63) is 194 Å². The van der Waals surface area contributed by atoms with Gasteiger partial charge >= 0.3 is 0 Å². The Bertz CT molecular complexity index is 2850. The minimum atomic E-state index is 0.889. The lowest BCUT2D eigenvalue weighted by Crippen LogP contribution is -2.09. The molecule has 10 aromatic rings. The van der Waals surface area contributed by atoms with Gasteiger partial charge in [0.15, 0.2) is 0 Å². The van der Waals surface area contributed by atoms with Crippen molar-refractivity contribution < 1.29 is 4.42 Å². The number of benzene rings is 8. The van der Waals surface area contributed by atoms with Gasteiger partial charge in [-0.05, 0) is 71.8 Å². The van der Waals surface area contributed by atoms with E-state index in [1.807, 2.05) is 12.1 Å². The van der Waals surface area contributed by atoms with Crippen LogP contribution in [0.4, 0.5) is 17.1 Å². The summed E-state index contributed by atoms with van der Waals surface area (Å²) in [4.78, 5) is 2.32. The Labute approximate surface area is 295 Å². The highest BCUT2D eigenvalue weighted by Crippen LogP contribution is 2.42. The molecule has 0 fully saturated rings. The molecular formula is C48H32N2O. The smallest absolute Gasteiger partial charge is 0.135 e. The zero-order chi connectivity index (χ0) is 33.7. The maximum absolute atomic E-state index is 6.17. The third-order valence-electron chi connectivity index (χ3n) is 9.99. The standard InChI is InChI=1S/C48H32N2O/c1-3-14-33(15-4-1)39-21-13-22-42-40-19-8-11-24-45(40)50(48(39)42)44-23-10-7-18-38(44)34-26-28-36(29-27-34)49(35-16-5-2-6-17-35)37-30-31-47-43(32-37)41-20-9-12-25-46(41)51-47/h1-32H. The summed E-state index contributed by atoms with van der Waals surface area (Å²) < 4.78 is 8.63. The van der Waals surface area contributed by atoms with Crippen molar-refractivity contribution in [3.63, 3.8) is 0 Å². The molecule has 10 rings (SSSR count). The number of para-hydroxylation sites is 5. The van der Waals surface area contributed by atoms with Crippen LogP contribution in [0.5, 0.6) is 0 Å². The van der Waals surface area contributed by atoms with Gasteiger partial charge in [0.25, 0.3) is 0 Å². The van der Waals surface area contributed by atoms with Gasteiger partial charge < -0.3 is 13.9 Å². The summed E-state index contributed by atoms with van der Waals surface area (Å²) in [5.41, 5.74) is 13.3. The molecule has 0 aliphatic heterocycles. The molecule has 0 amide bonds. The molecule has 0 saturated heterocycles. The first-order valence-electron chi connectivity index (χ1n) is 17.4. The molecule has 0 aliphatic carbocycles. The van der Waals surface area contributed by atoms with Gasteiger partial charge in [-0.1, -0.05) is 133 Å². The molecule has 0 saturated carbocycles. The van der Waals surface area contributed by atoms with Gasteiger partial charge in [-0.25, -0.2) is 0 Å². The number of aromatic nitrogens is 1. The minimum Gasteiger partial charge on any atom is -0.456 e. The molecule has 0 atom stereocenters. The van der Waals surface area contributed by atoms with E-state index in [4.69, 9.17) is 4.42 Å². The van der Waals surface area contributed by atoms with Gasteiger partial charge in [-0.3, -0.25) is 0 Å². The topological polar surface area (TPSA) is 21.3 Å². The van der Waals surface area contributed by atoms with E-state index in [9.17, 15) is 0 Å². The summed E-state index contributed by atoms with van der Waals surface area (Å²) in [6, 6.07) is 69.2. The monoisotopic (exact) mass is 652 g/mol. The highest BCUT2D eigenvalue weighted by atomic mass is 16.3. The van der Waals surface area contributed by atoms with Gasteiger partial charge in [-0.2, -0.15) is 0 Å². The maximum Gasteiger partial charge on any atom is 0.135 e. The predicted molar refractivity (Wildman–Crippen MR) is 214 cm³/mol. The van der Waals surface area contributed by atoms with Crippen LogP contribution in [-0.4, -0.2) is 4.57 Å². The van der Waals surface area contributed by atoms with Crippen molar-refractivity contribution in [1.82, 2.24) is 4.57 Å². The zero-order valence-electron chi connectivity index (χ0n) is 27.8. The molecule has 0 unspecified atom stereocenters. The number of rotatable bonds is 6. The van der Waals surface area contributed by atoms with Crippen LogP contribution in [0.25, 0.3) is 71.7 Å². The summed E-state index contributed by atoms with van der Waals surface area (Å²) in [6.45, 7) is 0. The van der Waals surface area contributed by atoms with Crippen LogP contribution in [0.15, 0.2) is 199 Å². The van der Waals surface area contributed by atoms with Crippen molar-refractivity contribution >= 4 is 60.8 Å². The Morgan fingerprint density at radius 3 is 1.80 bits per heavy atom. The fourth-order valence-electron chi connectivity index (χ4n) is 7.70. The largest absolute Gasteiger partial charge is 0.456 e. The van der Waals surface area contributed by atoms with Crippen LogP contribution >= 0.6 is 0 Å². The highest BCUT2D eigenvalue weighted by Gasteiger charge is 2.20. The fourth-order valence-corrected chi connectivity index (χ4v) is 7.70. The predicted octanol–water partition coefficient (Wildman–Crippen LogP) is 13.5. The maximum atomic E-state index is 6.17. The lowest BCUT2D eigenvalue weighted by molar-refractivity contribution is 0.669. The van der Waals surface area contributed by atoms with Crippen molar-refractivity contribution in [1.29, 1.82) is 0 Å². The molecule has 240 valence electrons. The number of hydrogen-bond donors (Lipinski definition) is 0. The first kappa shape index (κ1) is 29.1. The lowest BCUT2D eigenvalue weighted by Gasteiger charge is -2.26. The molecule has 8 aromatic carbocycles. The average molecular weight is 653 g/mol. The average Bonchev–Trinajstić information content (AvgIpc) is 3.75. The van der Waals surface area contributed by atoms with Crippen LogP contribution in [0.1, 0.15) is 0 Å². The van der Waals surface area contributed by atoms with E-state index in [1.54, 1.807) is 0 Å². The van der Waals surface area contributed by atoms with Gasteiger partial charge in [0.05, 0.1) is 16.7 Å². The van der Waals surface area contributed by atoms with E-state index in [-0.39, 0.29) is 0 Å². The number of hydrogen-bond acceptors (Lipinski definition) is 2. The van der Waals surface area contributed by atoms with E-state index in [2.05, 4.69) is 191 Å². The SMILES string of the molecule is c1ccc(-c2cccc3c4ccccc4n(-c4ccccc4-c4ccc(N(c5ccccc5)c5ccc6oc7ccccc7c6c5)cc4)c23)cc1. The number of fused-ring (bicyclic) bond motifs is 6. The second-order valence-corrected chi connectivity index (χ2v) is 12.9. The summed E-state index contributed by atoms with van der Waals surface area (Å²) >= 11 is 0. The number of furan rings is 1. The quantitative estimate of drug-likeness (QED) is 0.178. The lowest BCUT2D eigenvalue weighted by atomic mass is 10.0. The Morgan fingerprint density at radius 2 is 0.961 bits per heavy atom. The summed E-state index contributed by atoms with van der Waals surface area (Å²) in [5.74, 6) is 0. The molecule has 0 bridgehead atoms. The fraction of sp³-hybridized carbons (Fsp3) is 0. The van der Waals surface area contributed by atoms with Crippen LogP contribution in [0, 0.1) is 0 Å². The van der Waals surface area contributed by atoms with Crippen LogP contribution < -0.4 is 4.90 Å². The van der Waals surface area contributed by atoms with Gasteiger partial charge in [0, 0.05) is 49.7 Å². The van der Waals surface area contributed by atoms with Crippen LogP contribution in [0.2, 0.25) is 0 Å². The molecule has 2 aromatic heterocycles. The van der Waals surface area contributed by atoms with Crippen LogP contribution in [0.3, 0.4) is 0 Å². The summed E-state index contributed by atoms with van der Waals surface area (Å²) in [7, 11) is 0. The van der Waals surface area contributed by atoms with E-state index >= 15 is 0 Å². The van der Waals surface area contributed by atoms with Crippen molar-refractivity contribution in [2.75, 3.05) is 4.90 Å². The molecule has 0 aliphatic rings. The molecule has 0 radical (unpaired) electrons. The van der Waals surface area contributed by atoms with Crippen molar-refractivity contribution in [2.24, 2.45) is 0 Å². The molecule has 3 heteroatoms. The molecule has 3 nitrogen and oxygen atoms in total. The highest BCUT2D eigenvalue weighted by molar-refractivity contribution is 6.14. The Kier molecular flexibility index (Phi) is 6.81. The summed E-state index contributed by atoms with van der Waals surface area (Å²) in [5, 5.41) is 4.72. The van der Waals surface area contributed by atoms with Gasteiger partial charge in [0.1, 0.15) is 11.2 Å². The Morgan fingerprint density at radius 1 is 0.373 bits per heavy atom. The van der Waals surface area contributed by atoms with E-state index in [1.165, 1.54) is 38.5 Å². The molecule has 51 heavy (non-hydrogen) atoms. The van der Waals surface area contributed by atoms with E-state index in [0.717, 1.165) is 50.3 Å². The third-order valence-corrected chi connectivity index (χ3v) is 9.99. The zero-order valence-corrected chi connectivity index (χ0v) is 27.8. The van der Waals surface area contributed by atoms with Crippen molar-refractivity contribution in [2.45, 2.75) is 0 Å². The first-order chi connectivity index (χ1) is 25.3. The Balaban J connectivity index is 1.13. The Hall–Kier alpha value is -6.84. The summed E-state index contributed by atoms with van der Waals surface area (Å²) in [6.07, 6.45) is 0. The van der Waals surface area contributed by atoms with E-state index < -0.39 is 0 Å². The van der Waals surface area contributed by atoms with E-state index in [0.29, 0.717) is 0 Å². The molecular weight excluding hydrogens is 621 g/mol. The number of anilines is 3. The first-order valence-corrected chi connectivity index (χ1v) is 17.4. The second-order valence-electron chi connectivity index (χ2n) is 12.9. The second kappa shape index (κ2) is 11.9. The third kappa shape index (κ3) is 4.82. The molecule has 2 heterocycles. The van der Waals surface area contributed by atoms with Crippen LogP contribution in [-0.2, 0) is 0 Å². The van der Waals surface area contributed by atoms with Gasteiger partial charge in [-0.15, -0.1) is 0 Å². The molecule has 0 spiro atoms. The van der Waals surface area contributed by atoms with Crippen molar-refractivity contribution in [3.8, 4) is 27.9 Å². The number of nitrogens with zero attached hydrogens (tertiary/aromatic N) is 2. The minimum absolute atomic E-state index is 0.889. The normalized spacial score (nSPS) is 11.5. The van der Waals surface area contributed by atoms with Gasteiger partial charge in [0.2, 0.25) is 0 Å². The molecule has 0 N–H and O–H groups in total.